The van der Waals surface area contributed by atoms with E-state index in [0.717, 1.165) is 5.69 Å². The third-order valence-corrected chi connectivity index (χ3v) is 1.70. The summed E-state index contributed by atoms with van der Waals surface area (Å²) in [7, 11) is 1.55. The molecule has 0 unspecified atom stereocenters. The molecule has 4 heteroatoms. The van der Waals surface area contributed by atoms with Gasteiger partial charge in [-0.25, -0.2) is 0 Å². The molecule has 0 fully saturated rings. The predicted molar refractivity (Wildman–Crippen MR) is 44.9 cm³/mol. The van der Waals surface area contributed by atoms with E-state index in [0.29, 0.717) is 17.9 Å². The van der Waals surface area contributed by atoms with Gasteiger partial charge in [0.05, 0.1) is 7.11 Å². The van der Waals surface area contributed by atoms with Crippen LogP contribution in [0, 0.1) is 6.92 Å². The summed E-state index contributed by atoms with van der Waals surface area (Å²) in [6, 6.07) is 1.79. The minimum Gasteiger partial charge on any atom is -0.496 e. The monoisotopic (exact) mass is 169 g/mol. The number of aryl methyl sites for hydroxylation is 1. The Bertz CT molecular complexity index is 330. The van der Waals surface area contributed by atoms with Crippen molar-refractivity contribution in [2.24, 2.45) is 0 Å². The van der Waals surface area contributed by atoms with Crippen LogP contribution in [0.5, 0.6) is 5.75 Å². The number of aromatic amines is 1. The second-order valence-corrected chi connectivity index (χ2v) is 2.58. The van der Waals surface area contributed by atoms with E-state index >= 15 is 0 Å². The minimum absolute atomic E-state index is 0.109. The number of pyridine rings is 1. The van der Waals surface area contributed by atoms with E-state index in [1.165, 1.54) is 0 Å². The Morgan fingerprint density at radius 1 is 1.67 bits per heavy atom. The molecule has 0 amide bonds. The number of H-pyrrole nitrogens is 1. The van der Waals surface area contributed by atoms with Crippen LogP contribution in [0.3, 0.4) is 0 Å². The van der Waals surface area contributed by atoms with Gasteiger partial charge < -0.3 is 15.5 Å². The van der Waals surface area contributed by atoms with Crippen LogP contribution in [0.2, 0.25) is 0 Å². The second kappa shape index (κ2) is 3.40. The minimum atomic E-state index is -0.109. The molecule has 0 radical (unpaired) electrons. The molecular formula is C8H13N2O2+. The topological polar surface area (TPSA) is 69.7 Å². The number of rotatable bonds is 2. The van der Waals surface area contributed by atoms with E-state index in [1.807, 2.05) is 6.92 Å². The van der Waals surface area contributed by atoms with E-state index in [2.05, 4.69) is 10.7 Å². The highest BCUT2D eigenvalue weighted by Gasteiger charge is 2.07. The average Bonchev–Trinajstić information content (AvgIpc) is 2.03. The smallest absolute Gasteiger partial charge is 0.260 e. The van der Waals surface area contributed by atoms with Gasteiger partial charge in [0.2, 0.25) is 0 Å². The van der Waals surface area contributed by atoms with E-state index in [-0.39, 0.29) is 5.56 Å². The van der Waals surface area contributed by atoms with Crippen molar-refractivity contribution >= 4 is 0 Å². The summed E-state index contributed by atoms with van der Waals surface area (Å²) >= 11 is 0. The van der Waals surface area contributed by atoms with Gasteiger partial charge in [-0.2, -0.15) is 0 Å². The van der Waals surface area contributed by atoms with Gasteiger partial charge in [-0.1, -0.05) is 0 Å². The number of methoxy groups -OCH3 is 1. The first-order valence-corrected chi connectivity index (χ1v) is 3.75. The normalized spacial score (nSPS) is 9.92. The van der Waals surface area contributed by atoms with Gasteiger partial charge in [0.1, 0.15) is 17.9 Å². The molecule has 1 rings (SSSR count). The largest absolute Gasteiger partial charge is 0.496 e. The van der Waals surface area contributed by atoms with Crippen LogP contribution in [0.15, 0.2) is 10.9 Å². The fourth-order valence-electron chi connectivity index (χ4n) is 1.11. The van der Waals surface area contributed by atoms with Gasteiger partial charge in [0, 0.05) is 5.69 Å². The molecule has 0 saturated carbocycles. The maximum Gasteiger partial charge on any atom is 0.260 e. The summed E-state index contributed by atoms with van der Waals surface area (Å²) in [5.41, 5.74) is 4.95. The molecule has 12 heavy (non-hydrogen) atoms. The lowest BCUT2D eigenvalue weighted by Crippen LogP contribution is -2.49. The molecule has 0 spiro atoms. The first-order chi connectivity index (χ1) is 5.69. The SMILES string of the molecule is COc1cc(C)[nH]c(=O)c1C[NH3+]. The zero-order chi connectivity index (χ0) is 9.14. The van der Waals surface area contributed by atoms with Gasteiger partial charge in [-0.15, -0.1) is 0 Å². The van der Waals surface area contributed by atoms with Crippen LogP contribution in [0.25, 0.3) is 0 Å². The number of hydrogen-bond acceptors (Lipinski definition) is 2. The molecule has 0 atom stereocenters. The standard InChI is InChI=1S/C8H12N2O2/c1-5-3-7(12-2)6(4-9)8(11)10-5/h3H,4,9H2,1-2H3,(H,10,11)/p+1. The Balaban J connectivity index is 3.34. The molecule has 1 heterocycles. The van der Waals surface area contributed by atoms with Crippen molar-refractivity contribution in [1.29, 1.82) is 0 Å². The quantitative estimate of drug-likeness (QED) is 0.622. The average molecular weight is 169 g/mol. The Morgan fingerprint density at radius 2 is 2.33 bits per heavy atom. The lowest BCUT2D eigenvalue weighted by atomic mass is 10.2. The van der Waals surface area contributed by atoms with Crippen molar-refractivity contribution in [3.63, 3.8) is 0 Å². The van der Waals surface area contributed by atoms with Crippen LogP contribution in [0.4, 0.5) is 0 Å². The molecule has 4 nitrogen and oxygen atoms in total. The Hall–Kier alpha value is -1.29. The summed E-state index contributed by atoms with van der Waals surface area (Å²) in [5, 5.41) is 0. The van der Waals surface area contributed by atoms with Crippen LogP contribution in [0.1, 0.15) is 11.3 Å². The highest BCUT2D eigenvalue weighted by Crippen LogP contribution is 2.12. The number of aromatic nitrogens is 1. The van der Waals surface area contributed by atoms with Crippen molar-refractivity contribution in [1.82, 2.24) is 4.98 Å². The van der Waals surface area contributed by atoms with Gasteiger partial charge in [-0.05, 0) is 13.0 Å². The third kappa shape index (κ3) is 1.48. The molecule has 66 valence electrons. The second-order valence-electron chi connectivity index (χ2n) is 2.58. The lowest BCUT2D eigenvalue weighted by molar-refractivity contribution is -0.386. The summed E-state index contributed by atoms with van der Waals surface area (Å²) in [6.07, 6.45) is 0. The molecule has 1 aromatic rings. The van der Waals surface area contributed by atoms with Crippen LogP contribution in [-0.2, 0) is 6.54 Å². The fourth-order valence-corrected chi connectivity index (χ4v) is 1.11. The van der Waals surface area contributed by atoms with Gasteiger partial charge in [-0.3, -0.25) is 4.79 Å². The molecule has 4 N–H and O–H groups in total. The molecule has 0 aliphatic heterocycles. The number of hydrogen-bond donors (Lipinski definition) is 2. The molecule has 0 saturated heterocycles. The molecule has 0 aromatic carbocycles. The maximum absolute atomic E-state index is 11.3. The molecule has 0 aliphatic rings. The van der Waals surface area contributed by atoms with E-state index < -0.39 is 0 Å². The van der Waals surface area contributed by atoms with Gasteiger partial charge >= 0.3 is 0 Å². The molecular weight excluding hydrogens is 156 g/mol. The molecule has 0 bridgehead atoms. The van der Waals surface area contributed by atoms with E-state index in [4.69, 9.17) is 4.74 Å². The van der Waals surface area contributed by atoms with Crippen LogP contribution >= 0.6 is 0 Å². The van der Waals surface area contributed by atoms with Gasteiger partial charge in [0.25, 0.3) is 5.56 Å². The zero-order valence-electron chi connectivity index (χ0n) is 7.31. The van der Waals surface area contributed by atoms with E-state index in [1.54, 1.807) is 13.2 Å². The van der Waals surface area contributed by atoms with Crippen LogP contribution in [-0.4, -0.2) is 12.1 Å². The van der Waals surface area contributed by atoms with Crippen molar-refractivity contribution in [2.75, 3.05) is 7.11 Å². The summed E-state index contributed by atoms with van der Waals surface area (Å²) in [6.45, 7) is 2.26. The molecule has 0 aliphatic carbocycles. The van der Waals surface area contributed by atoms with Crippen molar-refractivity contribution < 1.29 is 10.5 Å². The number of nitrogens with one attached hydrogen (secondary N) is 1. The summed E-state index contributed by atoms with van der Waals surface area (Å²) in [5.74, 6) is 0.617. The number of ether oxygens (including phenoxy) is 1. The molecule has 1 aromatic heterocycles. The summed E-state index contributed by atoms with van der Waals surface area (Å²) < 4.78 is 5.04. The highest BCUT2D eigenvalue weighted by molar-refractivity contribution is 5.31. The first-order valence-electron chi connectivity index (χ1n) is 3.75. The third-order valence-electron chi connectivity index (χ3n) is 1.70. The Kier molecular flexibility index (Phi) is 2.50. The Morgan fingerprint density at radius 3 is 2.83 bits per heavy atom. The van der Waals surface area contributed by atoms with Crippen molar-refractivity contribution in [3.8, 4) is 5.75 Å². The Labute approximate surface area is 70.4 Å². The zero-order valence-corrected chi connectivity index (χ0v) is 7.31. The first kappa shape index (κ1) is 8.80. The summed E-state index contributed by atoms with van der Waals surface area (Å²) in [4.78, 5) is 14.0. The van der Waals surface area contributed by atoms with Crippen molar-refractivity contribution in [2.45, 2.75) is 13.5 Å². The number of quaternary nitrogens is 1. The van der Waals surface area contributed by atoms with Crippen LogP contribution < -0.4 is 16.0 Å². The lowest BCUT2D eigenvalue weighted by Gasteiger charge is -2.04. The highest BCUT2D eigenvalue weighted by atomic mass is 16.5. The van der Waals surface area contributed by atoms with E-state index in [9.17, 15) is 4.79 Å². The fraction of sp³-hybridized carbons (Fsp3) is 0.375. The van der Waals surface area contributed by atoms with Gasteiger partial charge in [0.15, 0.2) is 0 Å². The predicted octanol–water partition coefficient (Wildman–Crippen LogP) is -0.566. The maximum atomic E-state index is 11.3. The van der Waals surface area contributed by atoms with Crippen molar-refractivity contribution in [3.05, 3.63) is 27.7 Å².